The first-order chi connectivity index (χ1) is 16.8. The molecular weight excluding hydrogens is 495 g/mol. The minimum Gasteiger partial charge on any atom is -0.507 e. The molecule has 4 rings (SSSR count). The highest BCUT2D eigenvalue weighted by atomic mass is 35.5. The number of aliphatic hydroxyl groups is 1. The summed E-state index contributed by atoms with van der Waals surface area (Å²) < 4.78 is 15.9. The predicted molar refractivity (Wildman–Crippen MR) is 132 cm³/mol. The second-order valence-corrected chi connectivity index (χ2v) is 8.23. The van der Waals surface area contributed by atoms with Gasteiger partial charge in [0.05, 0.1) is 43.5 Å². The molecule has 10 heteroatoms. The van der Waals surface area contributed by atoms with Gasteiger partial charge in [0.25, 0.3) is 11.7 Å². The van der Waals surface area contributed by atoms with Crippen LogP contribution in [0, 0.1) is 0 Å². The van der Waals surface area contributed by atoms with Crippen LogP contribution in [0.25, 0.3) is 5.76 Å². The molecule has 2 heterocycles. The van der Waals surface area contributed by atoms with Crippen molar-refractivity contribution in [2.24, 2.45) is 0 Å². The van der Waals surface area contributed by atoms with Crippen LogP contribution < -0.4 is 19.1 Å². The Morgan fingerprint density at radius 3 is 2.37 bits per heavy atom. The molecule has 0 radical (unpaired) electrons. The zero-order valence-electron chi connectivity index (χ0n) is 18.9. The Kier molecular flexibility index (Phi) is 6.86. The molecule has 1 atom stereocenters. The molecular formula is C25H20Cl2N2O6. The highest BCUT2D eigenvalue weighted by Crippen LogP contribution is 2.48. The van der Waals surface area contributed by atoms with Crippen molar-refractivity contribution in [3.05, 3.63) is 81.6 Å². The molecule has 1 saturated heterocycles. The Hall–Kier alpha value is -3.75. The fourth-order valence-corrected chi connectivity index (χ4v) is 4.69. The van der Waals surface area contributed by atoms with Gasteiger partial charge in [0.1, 0.15) is 16.5 Å². The van der Waals surface area contributed by atoms with Crippen LogP contribution in [0.2, 0.25) is 10.0 Å². The minimum atomic E-state index is -1.000. The molecule has 1 unspecified atom stereocenters. The van der Waals surface area contributed by atoms with Crippen LogP contribution in [0.15, 0.2) is 60.4 Å². The van der Waals surface area contributed by atoms with Crippen molar-refractivity contribution < 1.29 is 28.9 Å². The topological polar surface area (TPSA) is 98.2 Å². The molecule has 3 aromatic rings. The van der Waals surface area contributed by atoms with Crippen LogP contribution in [-0.4, -0.2) is 43.1 Å². The molecule has 0 saturated carbocycles. The van der Waals surface area contributed by atoms with Crippen molar-refractivity contribution in [2.75, 3.05) is 26.2 Å². The summed E-state index contributed by atoms with van der Waals surface area (Å²) in [5.74, 6) is -1.58. The van der Waals surface area contributed by atoms with Gasteiger partial charge in [-0.25, -0.2) is 0 Å². The first-order valence-corrected chi connectivity index (χ1v) is 11.0. The van der Waals surface area contributed by atoms with E-state index in [1.807, 2.05) is 0 Å². The molecule has 0 aliphatic carbocycles. The average molecular weight is 515 g/mol. The average Bonchev–Trinajstić information content (AvgIpc) is 3.14. The second kappa shape index (κ2) is 9.85. The predicted octanol–water partition coefficient (Wildman–Crippen LogP) is 5.04. The number of aromatic nitrogens is 1. The van der Waals surface area contributed by atoms with Crippen LogP contribution in [0.5, 0.6) is 17.2 Å². The summed E-state index contributed by atoms with van der Waals surface area (Å²) >= 11 is 12.7. The van der Waals surface area contributed by atoms with Crippen LogP contribution in [0.4, 0.5) is 5.69 Å². The van der Waals surface area contributed by atoms with Crippen molar-refractivity contribution in [3.63, 3.8) is 0 Å². The molecule has 1 aliphatic heterocycles. The first kappa shape index (κ1) is 24.4. The van der Waals surface area contributed by atoms with Gasteiger partial charge < -0.3 is 19.3 Å². The third-order valence-electron chi connectivity index (χ3n) is 5.57. The molecule has 1 aliphatic rings. The van der Waals surface area contributed by atoms with Gasteiger partial charge in [-0.3, -0.25) is 19.5 Å². The molecule has 1 amide bonds. The van der Waals surface area contributed by atoms with E-state index in [0.29, 0.717) is 17.0 Å². The van der Waals surface area contributed by atoms with Crippen molar-refractivity contribution in [1.82, 2.24) is 4.98 Å². The highest BCUT2D eigenvalue weighted by Gasteiger charge is 2.47. The number of carbonyl (C=O) groups is 2. The number of hydrogen-bond donors (Lipinski definition) is 1. The first-order valence-electron chi connectivity index (χ1n) is 10.3. The number of ketones is 1. The number of hydrogen-bond acceptors (Lipinski definition) is 7. The molecule has 0 bridgehead atoms. The van der Waals surface area contributed by atoms with Gasteiger partial charge in [-0.15, -0.1) is 0 Å². The SMILES string of the molecule is COc1cccc(N2C(=O)C(=O)/C(=C(/O)c3cc(Cl)c(OC)c(Cl)c3OC)C2c2cccnc2)c1. The molecule has 1 fully saturated rings. The Bertz CT molecular complexity index is 1340. The van der Waals surface area contributed by atoms with Crippen molar-refractivity contribution in [1.29, 1.82) is 0 Å². The number of halogens is 2. The van der Waals surface area contributed by atoms with E-state index in [-0.39, 0.29) is 32.7 Å². The fourth-order valence-electron chi connectivity index (χ4n) is 4.00. The quantitative estimate of drug-likeness (QED) is 0.279. The maximum Gasteiger partial charge on any atom is 0.300 e. The van der Waals surface area contributed by atoms with Gasteiger partial charge in [0.15, 0.2) is 11.5 Å². The number of carbonyl (C=O) groups excluding carboxylic acids is 2. The number of nitrogens with zero attached hydrogens (tertiary/aromatic N) is 2. The number of rotatable bonds is 6. The van der Waals surface area contributed by atoms with E-state index in [0.717, 1.165) is 0 Å². The largest absolute Gasteiger partial charge is 0.507 e. The Morgan fingerprint density at radius 1 is 1.00 bits per heavy atom. The van der Waals surface area contributed by atoms with E-state index < -0.39 is 23.5 Å². The van der Waals surface area contributed by atoms with Crippen molar-refractivity contribution in [2.45, 2.75) is 6.04 Å². The van der Waals surface area contributed by atoms with E-state index >= 15 is 0 Å². The fraction of sp³-hybridized carbons (Fsp3) is 0.160. The van der Waals surface area contributed by atoms with Gasteiger partial charge in [-0.05, 0) is 29.8 Å². The monoisotopic (exact) mass is 514 g/mol. The van der Waals surface area contributed by atoms with Crippen molar-refractivity contribution >= 4 is 46.3 Å². The lowest BCUT2D eigenvalue weighted by Gasteiger charge is -2.25. The summed E-state index contributed by atoms with van der Waals surface area (Å²) in [5.41, 5.74) is 0.750. The highest BCUT2D eigenvalue weighted by molar-refractivity contribution is 6.52. The lowest BCUT2D eigenvalue weighted by molar-refractivity contribution is -0.132. The van der Waals surface area contributed by atoms with Crippen molar-refractivity contribution in [3.8, 4) is 17.2 Å². The maximum absolute atomic E-state index is 13.3. The van der Waals surface area contributed by atoms with Crippen LogP contribution in [0.1, 0.15) is 17.2 Å². The van der Waals surface area contributed by atoms with Gasteiger partial charge in [-0.1, -0.05) is 35.3 Å². The lowest BCUT2D eigenvalue weighted by Crippen LogP contribution is -2.29. The molecule has 1 N–H and O–H groups in total. The molecule has 1 aromatic heterocycles. The standard InChI is InChI=1S/C25H20Cl2N2O6/c1-33-15-8-4-7-14(10-15)29-20(13-6-5-9-28-12-13)18(22(31)25(29)32)21(30)16-11-17(26)24(35-3)19(27)23(16)34-2/h4-12,20,30H,1-3H3/b21-18+. The zero-order chi connectivity index (χ0) is 25.3. The number of aliphatic hydroxyl groups excluding tert-OH is 1. The summed E-state index contributed by atoms with van der Waals surface area (Å²) in [6.07, 6.45) is 3.08. The van der Waals surface area contributed by atoms with E-state index in [1.165, 1.54) is 38.5 Å². The third-order valence-corrected chi connectivity index (χ3v) is 6.19. The third kappa shape index (κ3) is 4.15. The van der Waals surface area contributed by atoms with Crippen LogP contribution in [-0.2, 0) is 9.59 Å². The molecule has 180 valence electrons. The summed E-state index contributed by atoms with van der Waals surface area (Å²) in [7, 11) is 4.22. The summed E-state index contributed by atoms with van der Waals surface area (Å²) in [6, 6.07) is 10.4. The number of benzene rings is 2. The van der Waals surface area contributed by atoms with Gasteiger partial charge >= 0.3 is 0 Å². The zero-order valence-corrected chi connectivity index (χ0v) is 20.4. The smallest absolute Gasteiger partial charge is 0.300 e. The number of amides is 1. The molecule has 2 aromatic carbocycles. The van der Waals surface area contributed by atoms with E-state index in [1.54, 1.807) is 42.6 Å². The maximum atomic E-state index is 13.3. The summed E-state index contributed by atoms with van der Waals surface area (Å²) in [5, 5.41) is 11.5. The van der Waals surface area contributed by atoms with Gasteiger partial charge in [0, 0.05) is 24.1 Å². The van der Waals surface area contributed by atoms with E-state index in [9.17, 15) is 14.7 Å². The number of anilines is 1. The molecule has 8 nitrogen and oxygen atoms in total. The molecule has 0 spiro atoms. The Balaban J connectivity index is 2.00. The van der Waals surface area contributed by atoms with E-state index in [4.69, 9.17) is 37.4 Å². The summed E-state index contributed by atoms with van der Waals surface area (Å²) in [4.78, 5) is 32.0. The van der Waals surface area contributed by atoms with Crippen LogP contribution >= 0.6 is 23.2 Å². The normalized spacial score (nSPS) is 16.9. The van der Waals surface area contributed by atoms with Gasteiger partial charge in [0.2, 0.25) is 0 Å². The number of ether oxygens (including phenoxy) is 3. The van der Waals surface area contributed by atoms with E-state index in [2.05, 4.69) is 4.98 Å². The lowest BCUT2D eigenvalue weighted by atomic mass is 9.95. The second-order valence-electron chi connectivity index (χ2n) is 7.44. The Morgan fingerprint density at radius 2 is 1.74 bits per heavy atom. The number of methoxy groups -OCH3 is 3. The number of Topliss-reactive ketones (excluding diaryl/α,β-unsaturated/α-hetero) is 1. The van der Waals surface area contributed by atoms with Crippen LogP contribution in [0.3, 0.4) is 0 Å². The minimum absolute atomic E-state index is 0.00371. The Labute approximate surface area is 211 Å². The molecule has 35 heavy (non-hydrogen) atoms. The summed E-state index contributed by atoms with van der Waals surface area (Å²) in [6.45, 7) is 0. The number of pyridine rings is 1. The van der Waals surface area contributed by atoms with Gasteiger partial charge in [-0.2, -0.15) is 0 Å².